The van der Waals surface area contributed by atoms with Crippen LogP contribution in [0.3, 0.4) is 0 Å². The molecule has 2 aromatic rings. The van der Waals surface area contributed by atoms with Crippen LogP contribution in [-0.2, 0) is 0 Å². The van der Waals surface area contributed by atoms with Gasteiger partial charge in [-0.2, -0.15) is 0 Å². The summed E-state index contributed by atoms with van der Waals surface area (Å²) in [4.78, 5) is 11.9. The first-order valence-electron chi connectivity index (χ1n) is 6.16. The molecule has 2 amide bonds. The lowest BCUT2D eigenvalue weighted by molar-refractivity contribution is 0.262. The molecular weight excluding hydrogens is 257 g/mol. The van der Waals surface area contributed by atoms with E-state index in [9.17, 15) is 9.18 Å². The SMILES string of the molecule is Cc1cc(N)cc(C)c1NC(=O)Nc1ccccc1F. The van der Waals surface area contributed by atoms with Gasteiger partial charge < -0.3 is 16.4 Å². The monoisotopic (exact) mass is 273 g/mol. The lowest BCUT2D eigenvalue weighted by atomic mass is 10.1. The Balaban J connectivity index is 2.15. The van der Waals surface area contributed by atoms with Crippen LogP contribution >= 0.6 is 0 Å². The predicted molar refractivity (Wildman–Crippen MR) is 79.4 cm³/mol. The smallest absolute Gasteiger partial charge is 0.323 e. The van der Waals surface area contributed by atoms with Crippen LogP contribution in [0.25, 0.3) is 0 Å². The van der Waals surface area contributed by atoms with E-state index in [4.69, 9.17) is 5.73 Å². The average molecular weight is 273 g/mol. The Hall–Kier alpha value is -2.56. The number of carbonyl (C=O) groups is 1. The van der Waals surface area contributed by atoms with E-state index in [2.05, 4.69) is 10.6 Å². The van der Waals surface area contributed by atoms with Gasteiger partial charge in [-0.1, -0.05) is 12.1 Å². The maximum absolute atomic E-state index is 13.4. The molecule has 2 rings (SSSR count). The fourth-order valence-corrected chi connectivity index (χ4v) is 2.02. The van der Waals surface area contributed by atoms with E-state index >= 15 is 0 Å². The Bertz CT molecular complexity index is 632. The summed E-state index contributed by atoms with van der Waals surface area (Å²) < 4.78 is 13.4. The van der Waals surface area contributed by atoms with Gasteiger partial charge in [0.15, 0.2) is 0 Å². The van der Waals surface area contributed by atoms with Crippen LogP contribution in [0, 0.1) is 19.7 Å². The van der Waals surface area contributed by atoms with Crippen molar-refractivity contribution >= 4 is 23.1 Å². The van der Waals surface area contributed by atoms with Gasteiger partial charge in [-0.05, 0) is 49.2 Å². The molecule has 0 aliphatic rings. The molecule has 0 atom stereocenters. The maximum Gasteiger partial charge on any atom is 0.323 e. The molecule has 5 heteroatoms. The first kappa shape index (κ1) is 13.9. The normalized spacial score (nSPS) is 10.2. The fourth-order valence-electron chi connectivity index (χ4n) is 2.02. The van der Waals surface area contributed by atoms with Crippen molar-refractivity contribution in [2.24, 2.45) is 0 Å². The van der Waals surface area contributed by atoms with Crippen LogP contribution in [0.2, 0.25) is 0 Å². The molecule has 4 nitrogen and oxygen atoms in total. The minimum atomic E-state index is -0.494. The molecule has 104 valence electrons. The summed E-state index contributed by atoms with van der Waals surface area (Å²) in [6, 6.07) is 9.04. The van der Waals surface area contributed by atoms with Crippen molar-refractivity contribution in [2.75, 3.05) is 16.4 Å². The molecule has 4 N–H and O–H groups in total. The third kappa shape index (κ3) is 3.06. The fraction of sp³-hybridized carbons (Fsp3) is 0.133. The number of anilines is 3. The Morgan fingerprint density at radius 3 is 2.30 bits per heavy atom. The molecule has 2 aromatic carbocycles. The van der Waals surface area contributed by atoms with E-state index in [0.717, 1.165) is 11.1 Å². The molecule has 0 bridgehead atoms. The van der Waals surface area contributed by atoms with Crippen molar-refractivity contribution in [1.29, 1.82) is 0 Å². The number of nitrogen functional groups attached to an aromatic ring is 1. The van der Waals surface area contributed by atoms with E-state index in [-0.39, 0.29) is 5.69 Å². The summed E-state index contributed by atoms with van der Waals surface area (Å²) in [5.74, 6) is -0.478. The van der Waals surface area contributed by atoms with Crippen molar-refractivity contribution in [3.8, 4) is 0 Å². The number of nitrogens with one attached hydrogen (secondary N) is 2. The molecule has 0 aliphatic heterocycles. The first-order chi connectivity index (χ1) is 9.47. The molecule has 0 aromatic heterocycles. The second-order valence-electron chi connectivity index (χ2n) is 4.59. The van der Waals surface area contributed by atoms with Gasteiger partial charge in [0.05, 0.1) is 5.69 Å². The molecule has 0 aliphatic carbocycles. The first-order valence-corrected chi connectivity index (χ1v) is 6.16. The molecule has 0 heterocycles. The number of para-hydroxylation sites is 1. The van der Waals surface area contributed by atoms with E-state index in [1.807, 2.05) is 13.8 Å². The minimum absolute atomic E-state index is 0.135. The molecule has 0 fully saturated rings. The van der Waals surface area contributed by atoms with Crippen LogP contribution < -0.4 is 16.4 Å². The molecular formula is C15H16FN3O. The number of carbonyl (C=O) groups excluding carboxylic acids is 1. The van der Waals surface area contributed by atoms with Crippen LogP contribution in [-0.4, -0.2) is 6.03 Å². The van der Waals surface area contributed by atoms with Crippen LogP contribution in [0.4, 0.5) is 26.2 Å². The van der Waals surface area contributed by atoms with Crippen molar-refractivity contribution in [3.05, 3.63) is 53.3 Å². The van der Waals surface area contributed by atoms with Gasteiger partial charge in [-0.3, -0.25) is 0 Å². The van der Waals surface area contributed by atoms with Crippen molar-refractivity contribution < 1.29 is 9.18 Å². The molecule has 20 heavy (non-hydrogen) atoms. The number of benzene rings is 2. The highest BCUT2D eigenvalue weighted by atomic mass is 19.1. The van der Waals surface area contributed by atoms with Crippen LogP contribution in [0.5, 0.6) is 0 Å². The zero-order valence-corrected chi connectivity index (χ0v) is 11.3. The van der Waals surface area contributed by atoms with Gasteiger partial charge in [-0.15, -0.1) is 0 Å². The predicted octanol–water partition coefficient (Wildman–Crippen LogP) is 3.67. The Morgan fingerprint density at radius 2 is 1.70 bits per heavy atom. The quantitative estimate of drug-likeness (QED) is 0.731. The highest BCUT2D eigenvalue weighted by molar-refractivity contribution is 6.00. The summed E-state index contributed by atoms with van der Waals surface area (Å²) in [7, 11) is 0. The number of amides is 2. The standard InChI is InChI=1S/C15H16FN3O/c1-9-7-11(17)8-10(2)14(9)19-15(20)18-13-6-4-3-5-12(13)16/h3-8H,17H2,1-2H3,(H2,18,19,20). The molecule has 0 spiro atoms. The summed E-state index contributed by atoms with van der Waals surface area (Å²) in [5, 5.41) is 5.18. The number of rotatable bonds is 2. The number of halogens is 1. The summed E-state index contributed by atoms with van der Waals surface area (Å²) >= 11 is 0. The zero-order valence-electron chi connectivity index (χ0n) is 11.3. The highest BCUT2D eigenvalue weighted by Crippen LogP contribution is 2.23. The van der Waals surface area contributed by atoms with E-state index < -0.39 is 11.8 Å². The van der Waals surface area contributed by atoms with Crippen LogP contribution in [0.1, 0.15) is 11.1 Å². The van der Waals surface area contributed by atoms with Crippen molar-refractivity contribution in [2.45, 2.75) is 13.8 Å². The topological polar surface area (TPSA) is 67.1 Å². The van der Waals surface area contributed by atoms with E-state index in [1.165, 1.54) is 12.1 Å². The Morgan fingerprint density at radius 1 is 1.10 bits per heavy atom. The average Bonchev–Trinajstić information content (AvgIpc) is 2.36. The van der Waals surface area contributed by atoms with Gasteiger partial charge in [0.1, 0.15) is 5.82 Å². The van der Waals surface area contributed by atoms with Crippen molar-refractivity contribution in [3.63, 3.8) is 0 Å². The van der Waals surface area contributed by atoms with Gasteiger partial charge in [0.2, 0.25) is 0 Å². The lowest BCUT2D eigenvalue weighted by Crippen LogP contribution is -2.21. The number of hydrogen-bond donors (Lipinski definition) is 3. The van der Waals surface area contributed by atoms with E-state index in [0.29, 0.717) is 11.4 Å². The highest BCUT2D eigenvalue weighted by Gasteiger charge is 2.10. The second-order valence-corrected chi connectivity index (χ2v) is 4.59. The van der Waals surface area contributed by atoms with Gasteiger partial charge in [0.25, 0.3) is 0 Å². The van der Waals surface area contributed by atoms with E-state index in [1.54, 1.807) is 24.3 Å². The minimum Gasteiger partial charge on any atom is -0.399 e. The van der Waals surface area contributed by atoms with Gasteiger partial charge >= 0.3 is 6.03 Å². The molecule has 0 saturated carbocycles. The Labute approximate surface area is 116 Å². The maximum atomic E-state index is 13.4. The number of nitrogens with two attached hydrogens (primary N) is 1. The second kappa shape index (κ2) is 5.61. The number of hydrogen-bond acceptors (Lipinski definition) is 2. The number of urea groups is 1. The molecule has 0 saturated heterocycles. The third-order valence-electron chi connectivity index (χ3n) is 2.92. The molecule has 0 radical (unpaired) electrons. The van der Waals surface area contributed by atoms with Gasteiger partial charge in [-0.25, -0.2) is 9.18 Å². The third-order valence-corrected chi connectivity index (χ3v) is 2.92. The number of aryl methyl sites for hydroxylation is 2. The Kier molecular flexibility index (Phi) is 3.89. The van der Waals surface area contributed by atoms with Crippen LogP contribution in [0.15, 0.2) is 36.4 Å². The zero-order chi connectivity index (χ0) is 14.7. The summed E-state index contributed by atoms with van der Waals surface area (Å²) in [6.07, 6.45) is 0. The molecule has 0 unspecified atom stereocenters. The largest absolute Gasteiger partial charge is 0.399 e. The lowest BCUT2D eigenvalue weighted by Gasteiger charge is -2.13. The van der Waals surface area contributed by atoms with Crippen molar-refractivity contribution in [1.82, 2.24) is 0 Å². The summed E-state index contributed by atoms with van der Waals surface area (Å²) in [5.41, 5.74) is 8.88. The summed E-state index contributed by atoms with van der Waals surface area (Å²) in [6.45, 7) is 3.70. The van der Waals surface area contributed by atoms with Gasteiger partial charge in [0, 0.05) is 11.4 Å².